The van der Waals surface area contributed by atoms with Crippen LogP contribution in [0.5, 0.6) is 0 Å². The molecule has 0 bridgehead atoms. The minimum absolute atomic E-state index is 0.441. The lowest BCUT2D eigenvalue weighted by atomic mass is 9.91. The van der Waals surface area contributed by atoms with Crippen LogP contribution in [-0.4, -0.2) is 12.2 Å². The molecule has 0 heterocycles. The Morgan fingerprint density at radius 3 is 2.42 bits per heavy atom. The van der Waals surface area contributed by atoms with Gasteiger partial charge in [0.2, 0.25) is 0 Å². The number of hydrogen-bond donors (Lipinski definition) is 2. The van der Waals surface area contributed by atoms with Gasteiger partial charge in [0, 0.05) is 6.61 Å². The van der Waals surface area contributed by atoms with E-state index in [1.807, 2.05) is 6.92 Å². The molecule has 0 saturated heterocycles. The van der Waals surface area contributed by atoms with Crippen LogP contribution in [0.1, 0.15) is 37.9 Å². The Morgan fingerprint density at radius 1 is 1.32 bits per heavy atom. The molecule has 6 heteroatoms. The zero-order chi connectivity index (χ0) is 14.7. The number of alkyl halides is 3. The highest BCUT2D eigenvalue weighted by molar-refractivity contribution is 5.29. The zero-order valence-electron chi connectivity index (χ0n) is 11.2. The van der Waals surface area contributed by atoms with Crippen LogP contribution in [0.3, 0.4) is 0 Å². The van der Waals surface area contributed by atoms with Gasteiger partial charge in [0.15, 0.2) is 0 Å². The van der Waals surface area contributed by atoms with Crippen molar-refractivity contribution < 1.29 is 17.9 Å². The Hall–Kier alpha value is -1.11. The molecule has 1 atom stereocenters. The van der Waals surface area contributed by atoms with Gasteiger partial charge in [0.1, 0.15) is 0 Å². The number of hydrogen-bond acceptors (Lipinski definition) is 3. The van der Waals surface area contributed by atoms with Crippen LogP contribution < -0.4 is 11.3 Å². The summed E-state index contributed by atoms with van der Waals surface area (Å²) in [4.78, 5) is 0. The lowest BCUT2D eigenvalue weighted by Gasteiger charge is -2.34. The first-order valence-electron chi connectivity index (χ1n) is 5.99. The van der Waals surface area contributed by atoms with Gasteiger partial charge >= 0.3 is 6.18 Å². The molecule has 3 N–H and O–H groups in total. The second-order valence-electron chi connectivity index (χ2n) is 4.76. The van der Waals surface area contributed by atoms with Crippen LogP contribution in [0.2, 0.25) is 0 Å². The van der Waals surface area contributed by atoms with Crippen molar-refractivity contribution in [2.24, 2.45) is 5.84 Å². The summed E-state index contributed by atoms with van der Waals surface area (Å²) in [5, 5.41) is 0. The van der Waals surface area contributed by atoms with E-state index in [2.05, 4.69) is 5.43 Å². The maximum atomic E-state index is 12.7. The third-order valence-corrected chi connectivity index (χ3v) is 2.93. The topological polar surface area (TPSA) is 47.3 Å². The zero-order valence-corrected chi connectivity index (χ0v) is 11.2. The molecule has 3 nitrogen and oxygen atoms in total. The van der Waals surface area contributed by atoms with Gasteiger partial charge in [-0.15, -0.1) is 0 Å². The minimum atomic E-state index is -4.37. The minimum Gasteiger partial charge on any atom is -0.374 e. The van der Waals surface area contributed by atoms with Gasteiger partial charge in [-0.3, -0.25) is 11.3 Å². The first-order chi connectivity index (χ1) is 8.72. The number of rotatable bonds is 5. The third kappa shape index (κ3) is 3.92. The fourth-order valence-electron chi connectivity index (χ4n) is 2.05. The van der Waals surface area contributed by atoms with Crippen molar-refractivity contribution in [3.8, 4) is 0 Å². The predicted octanol–water partition coefficient (Wildman–Crippen LogP) is 3.02. The predicted molar refractivity (Wildman–Crippen MR) is 67.2 cm³/mol. The van der Waals surface area contributed by atoms with Crippen molar-refractivity contribution in [1.29, 1.82) is 0 Å². The molecule has 0 amide bonds. The molecule has 0 spiro atoms. The molecule has 0 aliphatic rings. The Bertz CT molecular complexity index is 419. The van der Waals surface area contributed by atoms with Crippen molar-refractivity contribution in [1.82, 2.24) is 5.43 Å². The highest BCUT2D eigenvalue weighted by Gasteiger charge is 2.34. The van der Waals surface area contributed by atoms with E-state index in [1.165, 1.54) is 6.07 Å². The summed E-state index contributed by atoms with van der Waals surface area (Å²) in [7, 11) is 0. The molecule has 1 rings (SSSR count). The second kappa shape index (κ2) is 5.90. The molecular weight excluding hydrogens is 257 g/mol. The molecule has 0 aromatic heterocycles. The van der Waals surface area contributed by atoms with E-state index in [4.69, 9.17) is 10.6 Å². The van der Waals surface area contributed by atoms with Gasteiger partial charge in [-0.1, -0.05) is 12.1 Å². The maximum absolute atomic E-state index is 12.7. The second-order valence-corrected chi connectivity index (χ2v) is 4.76. The summed E-state index contributed by atoms with van der Waals surface area (Å²) < 4.78 is 43.6. The summed E-state index contributed by atoms with van der Waals surface area (Å²) in [5.41, 5.74) is 1.56. The fraction of sp³-hybridized carbons (Fsp3) is 0.538. The Morgan fingerprint density at radius 2 is 1.95 bits per heavy atom. The van der Waals surface area contributed by atoms with Gasteiger partial charge in [-0.2, -0.15) is 13.2 Å². The van der Waals surface area contributed by atoms with Crippen LogP contribution in [0, 0.1) is 0 Å². The first kappa shape index (κ1) is 15.9. The summed E-state index contributed by atoms with van der Waals surface area (Å²) in [6.45, 7) is 5.83. The van der Waals surface area contributed by atoms with E-state index < -0.39 is 23.4 Å². The van der Waals surface area contributed by atoms with E-state index in [0.717, 1.165) is 12.1 Å². The Balaban J connectivity index is 3.13. The molecule has 0 aliphatic carbocycles. The molecule has 0 aliphatic heterocycles. The number of ether oxygens (including phenoxy) is 1. The summed E-state index contributed by atoms with van der Waals surface area (Å²) in [6, 6.07) is 4.55. The van der Waals surface area contributed by atoms with E-state index >= 15 is 0 Å². The molecule has 108 valence electrons. The van der Waals surface area contributed by atoms with Crippen LogP contribution in [0.4, 0.5) is 13.2 Å². The molecule has 1 aromatic rings. The van der Waals surface area contributed by atoms with Crippen molar-refractivity contribution in [2.75, 3.05) is 6.61 Å². The smallest absolute Gasteiger partial charge is 0.374 e. The van der Waals surface area contributed by atoms with Gasteiger partial charge in [-0.05, 0) is 38.5 Å². The fourth-order valence-corrected chi connectivity index (χ4v) is 2.05. The number of hydrazine groups is 1. The van der Waals surface area contributed by atoms with E-state index in [9.17, 15) is 13.2 Å². The average molecular weight is 276 g/mol. The van der Waals surface area contributed by atoms with Crippen molar-refractivity contribution in [3.05, 3.63) is 35.4 Å². The van der Waals surface area contributed by atoms with Gasteiger partial charge in [0.25, 0.3) is 0 Å². The van der Waals surface area contributed by atoms with Gasteiger partial charge in [-0.25, -0.2) is 0 Å². The number of nitrogens with two attached hydrogens (primary N) is 1. The highest BCUT2D eigenvalue weighted by Crippen LogP contribution is 2.33. The van der Waals surface area contributed by atoms with Crippen LogP contribution >= 0.6 is 0 Å². The average Bonchev–Trinajstić information content (AvgIpc) is 2.28. The Labute approximate surface area is 110 Å². The highest BCUT2D eigenvalue weighted by atomic mass is 19.4. The standard InChI is InChI=1S/C13H19F3N2O/c1-4-19-12(2,3)11(18-17)9-6-5-7-10(8-9)13(14,15)16/h5-8,11,18H,4,17H2,1-3H3. The SMILES string of the molecule is CCOC(C)(C)C(NN)c1cccc(C(F)(F)F)c1. The van der Waals surface area contributed by atoms with Crippen LogP contribution in [0.15, 0.2) is 24.3 Å². The monoisotopic (exact) mass is 276 g/mol. The molecule has 0 radical (unpaired) electrons. The summed E-state index contributed by atoms with van der Waals surface area (Å²) >= 11 is 0. The molecule has 0 saturated carbocycles. The van der Waals surface area contributed by atoms with Crippen LogP contribution in [-0.2, 0) is 10.9 Å². The number of benzene rings is 1. The van der Waals surface area contributed by atoms with Crippen molar-refractivity contribution in [2.45, 2.75) is 38.6 Å². The summed E-state index contributed by atoms with van der Waals surface area (Å²) in [5.74, 6) is 5.47. The lowest BCUT2D eigenvalue weighted by molar-refractivity contribution is -0.137. The maximum Gasteiger partial charge on any atom is 0.416 e. The van der Waals surface area contributed by atoms with Crippen molar-refractivity contribution in [3.63, 3.8) is 0 Å². The largest absolute Gasteiger partial charge is 0.416 e. The van der Waals surface area contributed by atoms with Gasteiger partial charge in [0.05, 0.1) is 17.2 Å². The Kier molecular flexibility index (Phi) is 4.95. The molecular formula is C13H19F3N2O. The van der Waals surface area contributed by atoms with Crippen LogP contribution in [0.25, 0.3) is 0 Å². The number of nitrogens with one attached hydrogen (secondary N) is 1. The molecule has 1 aromatic carbocycles. The molecule has 0 fully saturated rings. The molecule has 1 unspecified atom stereocenters. The number of halogens is 3. The van der Waals surface area contributed by atoms with E-state index in [0.29, 0.717) is 12.2 Å². The lowest BCUT2D eigenvalue weighted by Crippen LogP contribution is -2.44. The first-order valence-corrected chi connectivity index (χ1v) is 5.99. The van der Waals surface area contributed by atoms with Gasteiger partial charge < -0.3 is 4.74 Å². The third-order valence-electron chi connectivity index (χ3n) is 2.93. The molecule has 19 heavy (non-hydrogen) atoms. The van der Waals surface area contributed by atoms with Crippen molar-refractivity contribution >= 4 is 0 Å². The van der Waals surface area contributed by atoms with E-state index in [1.54, 1.807) is 19.9 Å². The summed E-state index contributed by atoms with van der Waals surface area (Å²) in [6.07, 6.45) is -4.37. The quantitative estimate of drug-likeness (QED) is 0.642. The van der Waals surface area contributed by atoms with E-state index in [-0.39, 0.29) is 0 Å². The normalized spacial score (nSPS) is 14.5.